The zero-order valence-electron chi connectivity index (χ0n) is 19.1. The van der Waals surface area contributed by atoms with Gasteiger partial charge in [0.25, 0.3) is 5.69 Å². The average molecular weight is 506 g/mol. The highest BCUT2D eigenvalue weighted by Gasteiger charge is 2.31. The van der Waals surface area contributed by atoms with E-state index in [2.05, 4.69) is 5.32 Å². The number of halogens is 2. The number of nitrogens with zero attached hydrogens (tertiary/aromatic N) is 2. The van der Waals surface area contributed by atoms with Gasteiger partial charge in [-0.1, -0.05) is 73.7 Å². The number of nitro benzene ring substituents is 1. The molecule has 0 spiro atoms. The molecule has 9 heteroatoms. The first kappa shape index (κ1) is 26.0. The van der Waals surface area contributed by atoms with Crippen LogP contribution in [-0.2, 0) is 22.6 Å². The quantitative estimate of drug-likeness (QED) is 0.349. The van der Waals surface area contributed by atoms with Crippen molar-refractivity contribution in [3.05, 3.63) is 73.8 Å². The number of hydrogen-bond donors (Lipinski definition) is 1. The van der Waals surface area contributed by atoms with E-state index >= 15 is 0 Å². The highest BCUT2D eigenvalue weighted by molar-refractivity contribution is 6.42. The summed E-state index contributed by atoms with van der Waals surface area (Å²) in [7, 11) is 0. The van der Waals surface area contributed by atoms with Crippen molar-refractivity contribution in [3.63, 3.8) is 0 Å². The Balaban J connectivity index is 1.88. The largest absolute Gasteiger partial charge is 0.352 e. The molecular weight excluding hydrogens is 477 g/mol. The smallest absolute Gasteiger partial charge is 0.273 e. The van der Waals surface area contributed by atoms with E-state index in [0.29, 0.717) is 27.6 Å². The van der Waals surface area contributed by atoms with Gasteiger partial charge in [-0.3, -0.25) is 19.7 Å². The lowest BCUT2D eigenvalue weighted by atomic mass is 9.95. The second-order valence-corrected chi connectivity index (χ2v) is 9.41. The molecule has 182 valence electrons. The van der Waals surface area contributed by atoms with Gasteiger partial charge in [0.2, 0.25) is 11.8 Å². The van der Waals surface area contributed by atoms with Crippen LogP contribution in [0.5, 0.6) is 0 Å². The summed E-state index contributed by atoms with van der Waals surface area (Å²) in [5, 5.41) is 15.3. The maximum absolute atomic E-state index is 13.5. The Morgan fingerprint density at radius 2 is 1.82 bits per heavy atom. The van der Waals surface area contributed by atoms with Crippen LogP contribution in [0.1, 0.15) is 56.6 Å². The Labute approximate surface area is 209 Å². The molecule has 1 aliphatic carbocycles. The molecule has 1 atom stereocenters. The van der Waals surface area contributed by atoms with Gasteiger partial charge in [-0.2, -0.15) is 0 Å². The van der Waals surface area contributed by atoms with E-state index in [1.54, 1.807) is 36.4 Å². The normalized spacial score (nSPS) is 14.9. The van der Waals surface area contributed by atoms with Gasteiger partial charge in [0, 0.05) is 24.2 Å². The topological polar surface area (TPSA) is 92.6 Å². The van der Waals surface area contributed by atoms with E-state index in [1.807, 2.05) is 6.92 Å². The maximum Gasteiger partial charge on any atom is 0.273 e. The number of carbonyl (C=O) groups is 2. The van der Waals surface area contributed by atoms with Gasteiger partial charge in [-0.15, -0.1) is 0 Å². The monoisotopic (exact) mass is 505 g/mol. The lowest BCUT2D eigenvalue weighted by molar-refractivity contribution is -0.385. The third-order valence-electron chi connectivity index (χ3n) is 6.20. The van der Waals surface area contributed by atoms with Crippen molar-refractivity contribution in [2.24, 2.45) is 0 Å². The Kier molecular flexibility index (Phi) is 9.30. The van der Waals surface area contributed by atoms with E-state index in [9.17, 15) is 19.7 Å². The summed E-state index contributed by atoms with van der Waals surface area (Å²) < 4.78 is 0. The van der Waals surface area contributed by atoms with Crippen LogP contribution in [0.25, 0.3) is 0 Å². The summed E-state index contributed by atoms with van der Waals surface area (Å²) in [6.45, 7) is 1.98. The van der Waals surface area contributed by atoms with Gasteiger partial charge in [0.1, 0.15) is 6.04 Å². The molecule has 0 radical (unpaired) electrons. The minimum Gasteiger partial charge on any atom is -0.352 e. The maximum atomic E-state index is 13.5. The zero-order valence-corrected chi connectivity index (χ0v) is 20.6. The molecule has 0 aliphatic heterocycles. The molecule has 0 heterocycles. The summed E-state index contributed by atoms with van der Waals surface area (Å²) in [5.41, 5.74) is 0.901. The van der Waals surface area contributed by atoms with Crippen molar-refractivity contribution in [3.8, 4) is 0 Å². The van der Waals surface area contributed by atoms with Gasteiger partial charge in [-0.25, -0.2) is 0 Å². The Morgan fingerprint density at radius 1 is 1.12 bits per heavy atom. The van der Waals surface area contributed by atoms with Crippen molar-refractivity contribution in [1.82, 2.24) is 10.2 Å². The molecule has 7 nitrogen and oxygen atoms in total. The van der Waals surface area contributed by atoms with E-state index in [0.717, 1.165) is 25.7 Å². The third kappa shape index (κ3) is 6.70. The number of benzene rings is 2. The number of rotatable bonds is 9. The molecule has 2 amide bonds. The van der Waals surface area contributed by atoms with Crippen LogP contribution >= 0.6 is 23.2 Å². The molecule has 1 fully saturated rings. The SMILES string of the molecule is CCC(C(=O)NC1CCCCC1)N(Cc1ccc(Cl)c(Cl)c1)C(=O)Cc1ccccc1[N+](=O)[O-]. The summed E-state index contributed by atoms with van der Waals surface area (Å²) >= 11 is 12.2. The van der Waals surface area contributed by atoms with E-state index in [-0.39, 0.29) is 36.5 Å². The summed E-state index contributed by atoms with van der Waals surface area (Å²) in [6.07, 6.45) is 5.39. The second kappa shape index (κ2) is 12.2. The van der Waals surface area contributed by atoms with Gasteiger partial charge in [0.15, 0.2) is 0 Å². The van der Waals surface area contributed by atoms with Gasteiger partial charge >= 0.3 is 0 Å². The fourth-order valence-corrected chi connectivity index (χ4v) is 4.72. The first-order chi connectivity index (χ1) is 16.3. The minimum atomic E-state index is -0.716. The van der Waals surface area contributed by atoms with Gasteiger partial charge in [-0.05, 0) is 37.0 Å². The van der Waals surface area contributed by atoms with Crippen LogP contribution < -0.4 is 5.32 Å². The van der Waals surface area contributed by atoms with Crippen molar-refractivity contribution in [2.45, 2.75) is 70.5 Å². The Bertz CT molecular complexity index is 1040. The first-order valence-electron chi connectivity index (χ1n) is 11.6. The molecule has 2 aromatic rings. The average Bonchev–Trinajstić information content (AvgIpc) is 2.82. The zero-order chi connectivity index (χ0) is 24.7. The molecule has 0 saturated heterocycles. The lowest BCUT2D eigenvalue weighted by Gasteiger charge is -2.33. The van der Waals surface area contributed by atoms with Crippen molar-refractivity contribution in [2.75, 3.05) is 0 Å². The highest BCUT2D eigenvalue weighted by Crippen LogP contribution is 2.26. The molecule has 1 unspecified atom stereocenters. The van der Waals surface area contributed by atoms with E-state index in [4.69, 9.17) is 23.2 Å². The number of para-hydroxylation sites is 1. The molecule has 0 aromatic heterocycles. The van der Waals surface area contributed by atoms with Gasteiger partial charge in [0.05, 0.1) is 21.4 Å². The number of amides is 2. The predicted molar refractivity (Wildman–Crippen MR) is 133 cm³/mol. The lowest BCUT2D eigenvalue weighted by Crippen LogP contribution is -2.52. The van der Waals surface area contributed by atoms with Crippen LogP contribution in [-0.4, -0.2) is 33.7 Å². The third-order valence-corrected chi connectivity index (χ3v) is 6.94. The predicted octanol–water partition coefficient (Wildman–Crippen LogP) is 5.70. The van der Waals surface area contributed by atoms with Gasteiger partial charge < -0.3 is 10.2 Å². The van der Waals surface area contributed by atoms with Crippen LogP contribution in [0.3, 0.4) is 0 Å². The first-order valence-corrected chi connectivity index (χ1v) is 12.3. The van der Waals surface area contributed by atoms with Crippen LogP contribution in [0.4, 0.5) is 5.69 Å². The number of nitrogens with one attached hydrogen (secondary N) is 1. The number of hydrogen-bond acceptors (Lipinski definition) is 4. The Morgan fingerprint density at radius 3 is 2.47 bits per heavy atom. The van der Waals surface area contributed by atoms with Crippen LogP contribution in [0.2, 0.25) is 10.0 Å². The summed E-state index contributed by atoms with van der Waals surface area (Å²) in [6, 6.07) is 10.6. The molecule has 1 saturated carbocycles. The number of nitro groups is 1. The van der Waals surface area contributed by atoms with Crippen LogP contribution in [0, 0.1) is 10.1 Å². The molecule has 34 heavy (non-hydrogen) atoms. The molecular formula is C25H29Cl2N3O4. The van der Waals surface area contributed by atoms with Crippen LogP contribution in [0.15, 0.2) is 42.5 Å². The molecule has 0 bridgehead atoms. The van der Waals surface area contributed by atoms with E-state index < -0.39 is 11.0 Å². The van der Waals surface area contributed by atoms with Crippen molar-refractivity contribution in [1.29, 1.82) is 0 Å². The fourth-order valence-electron chi connectivity index (χ4n) is 4.40. The van der Waals surface area contributed by atoms with Crippen molar-refractivity contribution >= 4 is 40.7 Å². The standard InChI is InChI=1S/C25H29Cl2N3O4/c1-2-22(25(32)28-19-9-4-3-5-10-19)29(16-17-12-13-20(26)21(27)14-17)24(31)15-18-8-6-7-11-23(18)30(33)34/h6-8,11-14,19,22H,2-5,9-10,15-16H2,1H3,(H,28,32). The molecule has 2 aromatic carbocycles. The molecule has 1 aliphatic rings. The van der Waals surface area contributed by atoms with E-state index in [1.165, 1.54) is 17.4 Å². The minimum absolute atomic E-state index is 0.104. The summed E-state index contributed by atoms with van der Waals surface area (Å²) in [5.74, 6) is -0.573. The molecule has 3 rings (SSSR count). The summed E-state index contributed by atoms with van der Waals surface area (Å²) in [4.78, 5) is 39.2. The Hall–Kier alpha value is -2.64. The highest BCUT2D eigenvalue weighted by atomic mass is 35.5. The molecule has 1 N–H and O–H groups in total. The second-order valence-electron chi connectivity index (χ2n) is 8.60. The fraction of sp³-hybridized carbons (Fsp3) is 0.440. The number of carbonyl (C=O) groups excluding carboxylic acids is 2. The van der Waals surface area contributed by atoms with Crippen molar-refractivity contribution < 1.29 is 14.5 Å².